The summed E-state index contributed by atoms with van der Waals surface area (Å²) < 4.78 is 32.0. The minimum Gasteiger partial charge on any atom is -0.497 e. The van der Waals surface area contributed by atoms with Crippen molar-refractivity contribution in [2.75, 3.05) is 7.11 Å². The molecule has 0 aliphatic heterocycles. The molecule has 0 radical (unpaired) electrons. The first kappa shape index (κ1) is 16.0. The molecule has 0 spiro atoms. The van der Waals surface area contributed by atoms with E-state index in [0.29, 0.717) is 5.75 Å². The molecule has 0 aliphatic rings. The van der Waals surface area contributed by atoms with Gasteiger partial charge in [-0.2, -0.15) is 0 Å². The van der Waals surface area contributed by atoms with E-state index in [1.54, 1.807) is 19.2 Å². The first-order chi connectivity index (χ1) is 10.0. The van der Waals surface area contributed by atoms with E-state index < -0.39 is 10.0 Å². The number of ether oxygens (including phenoxy) is 1. The predicted molar refractivity (Wildman–Crippen MR) is 86.1 cm³/mol. The summed E-state index contributed by atoms with van der Waals surface area (Å²) in [4.78, 5) is 0.222. The normalized spacial score (nSPS) is 11.3. The van der Waals surface area contributed by atoms with Crippen LogP contribution in [0.1, 0.15) is 11.1 Å². The average molecular weight is 370 g/mol. The third kappa shape index (κ3) is 4.30. The molecule has 0 aliphatic carbocycles. The van der Waals surface area contributed by atoms with Gasteiger partial charge in [-0.05, 0) is 35.4 Å². The Morgan fingerprint density at radius 2 is 1.76 bits per heavy atom. The SMILES string of the molecule is COc1ccc(S(=O)(=O)NCc2cccc(CBr)c2)cc1. The maximum atomic E-state index is 12.2. The molecule has 0 saturated carbocycles. The Kier molecular flexibility index (Phi) is 5.39. The molecule has 0 amide bonds. The molecule has 0 unspecified atom stereocenters. The maximum Gasteiger partial charge on any atom is 0.240 e. The monoisotopic (exact) mass is 369 g/mol. The second-order valence-corrected chi connectivity index (χ2v) is 6.78. The lowest BCUT2D eigenvalue weighted by atomic mass is 10.1. The summed E-state index contributed by atoms with van der Waals surface area (Å²) in [5, 5.41) is 0.742. The van der Waals surface area contributed by atoms with E-state index in [2.05, 4.69) is 20.7 Å². The third-order valence-corrected chi connectivity index (χ3v) is 5.05. The average Bonchev–Trinajstić information content (AvgIpc) is 2.53. The number of benzene rings is 2. The predicted octanol–water partition coefficient (Wildman–Crippen LogP) is 3.07. The van der Waals surface area contributed by atoms with Gasteiger partial charge in [-0.25, -0.2) is 13.1 Å². The van der Waals surface area contributed by atoms with Crippen LogP contribution in [0.15, 0.2) is 53.4 Å². The lowest BCUT2D eigenvalue weighted by molar-refractivity contribution is 0.414. The first-order valence-electron chi connectivity index (χ1n) is 6.32. The largest absolute Gasteiger partial charge is 0.497 e. The lowest BCUT2D eigenvalue weighted by Gasteiger charge is -2.08. The van der Waals surface area contributed by atoms with Gasteiger partial charge in [-0.3, -0.25) is 0 Å². The zero-order valence-electron chi connectivity index (χ0n) is 11.5. The van der Waals surface area contributed by atoms with E-state index in [4.69, 9.17) is 4.74 Å². The summed E-state index contributed by atoms with van der Waals surface area (Å²) in [6.45, 7) is 0.259. The van der Waals surface area contributed by atoms with Crippen LogP contribution in [0.25, 0.3) is 0 Å². The number of halogens is 1. The highest BCUT2D eigenvalue weighted by atomic mass is 79.9. The van der Waals surface area contributed by atoms with Crippen molar-refractivity contribution in [1.29, 1.82) is 0 Å². The van der Waals surface area contributed by atoms with Crippen molar-refractivity contribution in [1.82, 2.24) is 4.72 Å². The van der Waals surface area contributed by atoms with Gasteiger partial charge in [0.05, 0.1) is 12.0 Å². The van der Waals surface area contributed by atoms with E-state index in [9.17, 15) is 8.42 Å². The number of methoxy groups -OCH3 is 1. The molecule has 0 saturated heterocycles. The molecule has 1 N–H and O–H groups in total. The van der Waals surface area contributed by atoms with Crippen LogP contribution in [-0.2, 0) is 21.9 Å². The molecule has 2 aromatic rings. The summed E-state index contributed by atoms with van der Waals surface area (Å²) in [6.07, 6.45) is 0. The van der Waals surface area contributed by atoms with Crippen molar-refractivity contribution in [3.63, 3.8) is 0 Å². The smallest absolute Gasteiger partial charge is 0.240 e. The molecule has 0 heterocycles. The Labute approximate surface area is 133 Å². The molecule has 21 heavy (non-hydrogen) atoms. The highest BCUT2D eigenvalue weighted by Crippen LogP contribution is 2.16. The van der Waals surface area contributed by atoms with E-state index in [1.807, 2.05) is 24.3 Å². The fourth-order valence-corrected chi connectivity index (χ4v) is 3.21. The van der Waals surface area contributed by atoms with Crippen molar-refractivity contribution in [2.24, 2.45) is 0 Å². The minimum absolute atomic E-state index is 0.222. The summed E-state index contributed by atoms with van der Waals surface area (Å²) in [6, 6.07) is 14.0. The van der Waals surface area contributed by atoms with Gasteiger partial charge < -0.3 is 4.74 Å². The van der Waals surface area contributed by atoms with Gasteiger partial charge in [0.25, 0.3) is 0 Å². The van der Waals surface area contributed by atoms with Crippen LogP contribution >= 0.6 is 15.9 Å². The molecule has 112 valence electrons. The van der Waals surface area contributed by atoms with Crippen molar-refractivity contribution >= 4 is 26.0 Å². The number of alkyl halides is 1. The van der Waals surface area contributed by atoms with Crippen molar-refractivity contribution < 1.29 is 13.2 Å². The van der Waals surface area contributed by atoms with E-state index in [0.717, 1.165) is 16.5 Å². The van der Waals surface area contributed by atoms with Gasteiger partial charge in [0.15, 0.2) is 0 Å². The standard InChI is InChI=1S/C15H16BrNO3S/c1-20-14-5-7-15(8-6-14)21(18,19)17-11-13-4-2-3-12(9-13)10-16/h2-9,17H,10-11H2,1H3. The van der Waals surface area contributed by atoms with Crippen molar-refractivity contribution in [2.45, 2.75) is 16.8 Å². The Morgan fingerprint density at radius 3 is 2.38 bits per heavy atom. The Balaban J connectivity index is 2.09. The number of hydrogen-bond donors (Lipinski definition) is 1. The zero-order valence-corrected chi connectivity index (χ0v) is 13.9. The van der Waals surface area contributed by atoms with Crippen LogP contribution < -0.4 is 9.46 Å². The van der Waals surface area contributed by atoms with Gasteiger partial charge in [0.1, 0.15) is 5.75 Å². The fraction of sp³-hybridized carbons (Fsp3) is 0.200. The Bertz CT molecular complexity index is 699. The lowest BCUT2D eigenvalue weighted by Crippen LogP contribution is -2.23. The summed E-state index contributed by atoms with van der Waals surface area (Å²) in [5.74, 6) is 0.624. The Hall–Kier alpha value is -1.37. The first-order valence-corrected chi connectivity index (χ1v) is 8.93. The van der Waals surface area contributed by atoms with E-state index >= 15 is 0 Å². The van der Waals surface area contributed by atoms with Gasteiger partial charge in [0, 0.05) is 11.9 Å². The number of sulfonamides is 1. The number of hydrogen-bond acceptors (Lipinski definition) is 3. The molecule has 4 nitrogen and oxygen atoms in total. The topological polar surface area (TPSA) is 55.4 Å². The van der Waals surface area contributed by atoms with Gasteiger partial charge >= 0.3 is 0 Å². The summed E-state index contributed by atoms with van der Waals surface area (Å²) in [7, 11) is -1.98. The van der Waals surface area contributed by atoms with Crippen molar-refractivity contribution in [3.05, 3.63) is 59.7 Å². The molecule has 6 heteroatoms. The maximum absolute atomic E-state index is 12.2. The quantitative estimate of drug-likeness (QED) is 0.796. The molecule has 0 aromatic heterocycles. The molecular formula is C15H16BrNO3S. The zero-order chi connectivity index (χ0) is 15.3. The minimum atomic E-state index is -3.52. The second-order valence-electron chi connectivity index (χ2n) is 4.45. The van der Waals surface area contributed by atoms with Crippen LogP contribution in [0, 0.1) is 0 Å². The van der Waals surface area contributed by atoms with E-state index in [1.165, 1.54) is 12.1 Å². The molecule has 2 rings (SSSR count). The second kappa shape index (κ2) is 7.06. The summed E-state index contributed by atoms with van der Waals surface area (Å²) >= 11 is 3.38. The van der Waals surface area contributed by atoms with Crippen molar-refractivity contribution in [3.8, 4) is 5.75 Å². The molecular weight excluding hydrogens is 354 g/mol. The number of nitrogens with one attached hydrogen (secondary N) is 1. The van der Waals surface area contributed by atoms with Crippen LogP contribution in [-0.4, -0.2) is 15.5 Å². The third-order valence-electron chi connectivity index (χ3n) is 2.98. The van der Waals surface area contributed by atoms with Gasteiger partial charge in [-0.15, -0.1) is 0 Å². The molecule has 2 aromatic carbocycles. The van der Waals surface area contributed by atoms with Crippen LogP contribution in [0.4, 0.5) is 0 Å². The van der Waals surface area contributed by atoms with Crippen LogP contribution in [0.3, 0.4) is 0 Å². The highest BCUT2D eigenvalue weighted by molar-refractivity contribution is 9.08. The highest BCUT2D eigenvalue weighted by Gasteiger charge is 2.13. The van der Waals surface area contributed by atoms with Gasteiger partial charge in [-0.1, -0.05) is 40.2 Å². The Morgan fingerprint density at radius 1 is 1.10 bits per heavy atom. The fourth-order valence-electron chi connectivity index (χ4n) is 1.84. The molecule has 0 atom stereocenters. The summed E-state index contributed by atoms with van der Waals surface area (Å²) in [5.41, 5.74) is 2.03. The molecule has 0 fully saturated rings. The number of rotatable bonds is 6. The van der Waals surface area contributed by atoms with Gasteiger partial charge in [0.2, 0.25) is 10.0 Å². The van der Waals surface area contributed by atoms with E-state index in [-0.39, 0.29) is 11.4 Å². The van der Waals surface area contributed by atoms with Crippen LogP contribution in [0.5, 0.6) is 5.75 Å². The van der Waals surface area contributed by atoms with Crippen LogP contribution in [0.2, 0.25) is 0 Å². The molecule has 0 bridgehead atoms.